The zero-order valence-electron chi connectivity index (χ0n) is 11.7. The first-order valence-corrected chi connectivity index (χ1v) is 6.80. The third-order valence-electron chi connectivity index (χ3n) is 2.70. The Balaban J connectivity index is 2.49. The van der Waals surface area contributed by atoms with Crippen molar-refractivity contribution in [3.8, 4) is 0 Å². The highest BCUT2D eigenvalue weighted by Gasteiger charge is 2.12. The molecule has 5 nitrogen and oxygen atoms in total. The van der Waals surface area contributed by atoms with E-state index < -0.39 is 0 Å². The molecule has 5 heteroatoms. The van der Waals surface area contributed by atoms with Crippen LogP contribution in [0.4, 0.5) is 0 Å². The number of unbranched alkanes of at least 4 members (excludes halogenated alkanes) is 1. The molecule has 0 fully saturated rings. The number of aromatic nitrogens is 2. The second-order valence-corrected chi connectivity index (χ2v) is 5.06. The fourth-order valence-corrected chi connectivity index (χ4v) is 1.79. The van der Waals surface area contributed by atoms with Gasteiger partial charge in [-0.15, -0.1) is 0 Å². The molecular formula is C13H25N3O2. The summed E-state index contributed by atoms with van der Waals surface area (Å²) in [4.78, 5) is 6.53. The van der Waals surface area contributed by atoms with Crippen LogP contribution in [0.15, 0.2) is 4.52 Å². The van der Waals surface area contributed by atoms with Gasteiger partial charge in [0.25, 0.3) is 0 Å². The van der Waals surface area contributed by atoms with Crippen LogP contribution < -0.4 is 0 Å². The van der Waals surface area contributed by atoms with Crippen molar-refractivity contribution in [1.29, 1.82) is 0 Å². The van der Waals surface area contributed by atoms with Crippen LogP contribution in [-0.2, 0) is 13.0 Å². The maximum Gasteiger partial charge on any atom is 0.240 e. The minimum atomic E-state index is 0.163. The molecular weight excluding hydrogens is 230 g/mol. The van der Waals surface area contributed by atoms with E-state index >= 15 is 0 Å². The van der Waals surface area contributed by atoms with Crippen LogP contribution >= 0.6 is 0 Å². The molecule has 1 rings (SSSR count). The van der Waals surface area contributed by atoms with Crippen LogP contribution in [0.25, 0.3) is 0 Å². The van der Waals surface area contributed by atoms with Crippen molar-refractivity contribution in [3.05, 3.63) is 11.7 Å². The summed E-state index contributed by atoms with van der Waals surface area (Å²) in [5, 5.41) is 13.0. The molecule has 1 N–H and O–H groups in total. The van der Waals surface area contributed by atoms with Crippen molar-refractivity contribution < 1.29 is 9.63 Å². The molecule has 1 heterocycles. The molecule has 0 spiro atoms. The monoisotopic (exact) mass is 255 g/mol. The van der Waals surface area contributed by atoms with E-state index in [9.17, 15) is 0 Å². The first kappa shape index (κ1) is 15.1. The average molecular weight is 255 g/mol. The Labute approximate surface area is 109 Å². The van der Waals surface area contributed by atoms with Gasteiger partial charge >= 0.3 is 0 Å². The molecule has 0 saturated carbocycles. The van der Waals surface area contributed by atoms with Gasteiger partial charge in [0.05, 0.1) is 13.2 Å². The van der Waals surface area contributed by atoms with Gasteiger partial charge in [0.2, 0.25) is 5.89 Å². The summed E-state index contributed by atoms with van der Waals surface area (Å²) in [7, 11) is 0. The molecule has 104 valence electrons. The van der Waals surface area contributed by atoms with Crippen LogP contribution in [0.2, 0.25) is 0 Å². The van der Waals surface area contributed by atoms with Gasteiger partial charge in [-0.2, -0.15) is 4.98 Å². The minimum Gasteiger partial charge on any atom is -0.395 e. The number of rotatable bonds is 9. The van der Waals surface area contributed by atoms with Crippen LogP contribution in [0.3, 0.4) is 0 Å². The lowest BCUT2D eigenvalue weighted by atomic mass is 10.1. The largest absolute Gasteiger partial charge is 0.395 e. The van der Waals surface area contributed by atoms with Crippen LogP contribution in [-0.4, -0.2) is 39.8 Å². The smallest absolute Gasteiger partial charge is 0.240 e. The number of hydrogen-bond acceptors (Lipinski definition) is 5. The molecule has 1 aromatic rings. The van der Waals surface area contributed by atoms with Crippen molar-refractivity contribution in [3.63, 3.8) is 0 Å². The Bertz CT molecular complexity index is 326. The summed E-state index contributed by atoms with van der Waals surface area (Å²) in [5.74, 6) is 1.96. The van der Waals surface area contributed by atoms with Gasteiger partial charge in [-0.3, -0.25) is 4.90 Å². The minimum absolute atomic E-state index is 0.163. The molecule has 0 aliphatic carbocycles. The molecule has 0 bridgehead atoms. The van der Waals surface area contributed by atoms with E-state index in [4.69, 9.17) is 9.63 Å². The van der Waals surface area contributed by atoms with Crippen LogP contribution in [0.1, 0.15) is 45.3 Å². The summed E-state index contributed by atoms with van der Waals surface area (Å²) in [5.41, 5.74) is 0. The van der Waals surface area contributed by atoms with E-state index in [1.807, 2.05) is 0 Å². The van der Waals surface area contributed by atoms with E-state index in [2.05, 4.69) is 35.8 Å². The van der Waals surface area contributed by atoms with E-state index in [1.165, 1.54) is 0 Å². The molecule has 0 atom stereocenters. The molecule has 0 aromatic carbocycles. The van der Waals surface area contributed by atoms with Gasteiger partial charge in [0.15, 0.2) is 5.82 Å². The highest BCUT2D eigenvalue weighted by molar-refractivity contribution is 4.87. The summed E-state index contributed by atoms with van der Waals surface area (Å²) in [6.45, 7) is 8.83. The molecule has 0 radical (unpaired) electrons. The first-order valence-electron chi connectivity index (χ1n) is 6.80. The van der Waals surface area contributed by atoms with Crippen LogP contribution in [0.5, 0.6) is 0 Å². The molecule has 1 aromatic heterocycles. The zero-order chi connectivity index (χ0) is 13.4. The standard InChI is InChI=1S/C13H25N3O2/c1-4-5-6-16(7-8-17)10-13-14-12(15-18-13)9-11(2)3/h11,17H,4-10H2,1-3H3. The molecule has 0 aliphatic rings. The predicted molar refractivity (Wildman–Crippen MR) is 70.1 cm³/mol. The van der Waals surface area contributed by atoms with Crippen molar-refractivity contribution in [1.82, 2.24) is 15.0 Å². The zero-order valence-corrected chi connectivity index (χ0v) is 11.7. The van der Waals surface area contributed by atoms with E-state index in [0.29, 0.717) is 24.9 Å². The van der Waals surface area contributed by atoms with Gasteiger partial charge < -0.3 is 9.63 Å². The molecule has 18 heavy (non-hydrogen) atoms. The first-order chi connectivity index (χ1) is 8.65. The summed E-state index contributed by atoms with van der Waals surface area (Å²) in [6.07, 6.45) is 3.11. The van der Waals surface area contributed by atoms with E-state index in [0.717, 1.165) is 31.6 Å². The SMILES string of the molecule is CCCCN(CCO)Cc1nc(CC(C)C)no1. The second kappa shape index (κ2) is 8.21. The fraction of sp³-hybridized carbons (Fsp3) is 0.846. The maximum absolute atomic E-state index is 9.03. The maximum atomic E-state index is 9.03. The lowest BCUT2D eigenvalue weighted by Gasteiger charge is -2.18. The van der Waals surface area contributed by atoms with E-state index in [-0.39, 0.29) is 6.61 Å². The van der Waals surface area contributed by atoms with Gasteiger partial charge in [0.1, 0.15) is 0 Å². The Morgan fingerprint density at radius 3 is 2.72 bits per heavy atom. The lowest BCUT2D eigenvalue weighted by molar-refractivity contribution is 0.172. The Morgan fingerprint density at radius 1 is 1.33 bits per heavy atom. The number of aliphatic hydroxyl groups excluding tert-OH is 1. The third kappa shape index (κ3) is 5.60. The van der Waals surface area contributed by atoms with Crippen molar-refractivity contribution in [2.75, 3.05) is 19.7 Å². The van der Waals surface area contributed by atoms with Crippen molar-refractivity contribution in [2.24, 2.45) is 5.92 Å². The normalized spacial score (nSPS) is 11.7. The highest BCUT2D eigenvalue weighted by atomic mass is 16.5. The second-order valence-electron chi connectivity index (χ2n) is 5.06. The quantitative estimate of drug-likeness (QED) is 0.729. The van der Waals surface area contributed by atoms with E-state index in [1.54, 1.807) is 0 Å². The molecule has 0 amide bonds. The number of nitrogens with zero attached hydrogens (tertiary/aromatic N) is 3. The molecule has 0 unspecified atom stereocenters. The predicted octanol–water partition coefficient (Wildman–Crippen LogP) is 1.86. The van der Waals surface area contributed by atoms with Crippen LogP contribution in [0, 0.1) is 5.92 Å². The van der Waals surface area contributed by atoms with Gasteiger partial charge in [-0.05, 0) is 18.9 Å². The fourth-order valence-electron chi connectivity index (χ4n) is 1.79. The lowest BCUT2D eigenvalue weighted by Crippen LogP contribution is -2.27. The highest BCUT2D eigenvalue weighted by Crippen LogP contribution is 2.07. The molecule has 0 aliphatic heterocycles. The van der Waals surface area contributed by atoms with Crippen molar-refractivity contribution >= 4 is 0 Å². The Hall–Kier alpha value is -0.940. The average Bonchev–Trinajstić information content (AvgIpc) is 2.72. The third-order valence-corrected chi connectivity index (χ3v) is 2.70. The topological polar surface area (TPSA) is 62.4 Å². The summed E-state index contributed by atoms with van der Waals surface area (Å²) >= 11 is 0. The Kier molecular flexibility index (Phi) is 6.90. The summed E-state index contributed by atoms with van der Waals surface area (Å²) in [6, 6.07) is 0. The van der Waals surface area contributed by atoms with Gasteiger partial charge in [0, 0.05) is 13.0 Å². The molecule has 0 saturated heterocycles. The summed E-state index contributed by atoms with van der Waals surface area (Å²) < 4.78 is 5.24. The Morgan fingerprint density at radius 2 is 2.11 bits per heavy atom. The van der Waals surface area contributed by atoms with Gasteiger partial charge in [-0.25, -0.2) is 0 Å². The number of hydrogen-bond donors (Lipinski definition) is 1. The van der Waals surface area contributed by atoms with Crippen molar-refractivity contribution in [2.45, 2.75) is 46.6 Å². The number of aliphatic hydroxyl groups is 1. The van der Waals surface area contributed by atoms with Gasteiger partial charge in [-0.1, -0.05) is 32.3 Å².